The monoisotopic (exact) mass is 251 g/mol. The molecule has 0 N–H and O–H groups in total. The van der Waals surface area contributed by atoms with Gasteiger partial charge >= 0.3 is 0 Å². The van der Waals surface area contributed by atoms with E-state index in [0.717, 1.165) is 6.42 Å². The number of nitro benzene ring substituents is 1. The fourth-order valence-corrected chi connectivity index (χ4v) is 1.78. The molecule has 0 saturated carbocycles. The Morgan fingerprint density at radius 2 is 1.94 bits per heavy atom. The highest BCUT2D eigenvalue weighted by Crippen LogP contribution is 2.19. The average molecular weight is 251 g/mol. The van der Waals surface area contributed by atoms with E-state index >= 15 is 0 Å². The lowest BCUT2D eigenvalue weighted by Crippen LogP contribution is -2.11. The van der Waals surface area contributed by atoms with E-state index in [0.29, 0.717) is 18.3 Å². The lowest BCUT2D eigenvalue weighted by Gasteiger charge is -2.15. The minimum atomic E-state index is -0.403. The van der Waals surface area contributed by atoms with Crippen molar-refractivity contribution in [1.82, 2.24) is 0 Å². The summed E-state index contributed by atoms with van der Waals surface area (Å²) in [6.07, 6.45) is 4.71. The molecule has 1 aromatic carbocycles. The second-order valence-electron chi connectivity index (χ2n) is 4.48. The highest BCUT2D eigenvalue weighted by atomic mass is 16.6. The van der Waals surface area contributed by atoms with Gasteiger partial charge in [-0.1, -0.05) is 33.1 Å². The van der Waals surface area contributed by atoms with Crippen LogP contribution >= 0.6 is 0 Å². The molecule has 0 bridgehead atoms. The summed E-state index contributed by atoms with van der Waals surface area (Å²) in [6.45, 7) is 5.04. The van der Waals surface area contributed by atoms with Crippen molar-refractivity contribution in [1.29, 1.82) is 0 Å². The van der Waals surface area contributed by atoms with E-state index in [1.165, 1.54) is 31.4 Å². The zero-order valence-electron chi connectivity index (χ0n) is 11.1. The standard InChI is InChI=1S/C14H21NO3/c1-3-5-6-12(4-2)11-18-14-9-7-13(8-10-14)15(16)17/h7-10,12H,3-6,11H2,1-2H3. The van der Waals surface area contributed by atoms with Crippen LogP contribution in [0.15, 0.2) is 24.3 Å². The topological polar surface area (TPSA) is 52.4 Å². The van der Waals surface area contributed by atoms with Crippen LogP contribution in [0.5, 0.6) is 5.75 Å². The first-order valence-electron chi connectivity index (χ1n) is 6.54. The number of benzene rings is 1. The summed E-state index contributed by atoms with van der Waals surface area (Å²) in [5.74, 6) is 1.27. The summed E-state index contributed by atoms with van der Waals surface area (Å²) in [6, 6.07) is 6.26. The molecule has 100 valence electrons. The molecule has 0 aliphatic rings. The number of unbranched alkanes of at least 4 members (excludes halogenated alkanes) is 1. The zero-order chi connectivity index (χ0) is 13.4. The van der Waals surface area contributed by atoms with E-state index in [2.05, 4.69) is 13.8 Å². The fraction of sp³-hybridized carbons (Fsp3) is 0.571. The van der Waals surface area contributed by atoms with Gasteiger partial charge in [-0.25, -0.2) is 0 Å². The van der Waals surface area contributed by atoms with Crippen LogP contribution in [0, 0.1) is 16.0 Å². The maximum absolute atomic E-state index is 10.5. The van der Waals surface area contributed by atoms with Crippen LogP contribution in [0.3, 0.4) is 0 Å². The second kappa shape index (κ2) is 7.69. The van der Waals surface area contributed by atoms with Crippen molar-refractivity contribution < 1.29 is 9.66 Å². The van der Waals surface area contributed by atoms with Gasteiger partial charge in [-0.3, -0.25) is 10.1 Å². The molecule has 1 rings (SSSR count). The van der Waals surface area contributed by atoms with Crippen molar-refractivity contribution in [3.63, 3.8) is 0 Å². The highest BCUT2D eigenvalue weighted by Gasteiger charge is 2.08. The summed E-state index contributed by atoms with van der Waals surface area (Å²) in [5, 5.41) is 10.5. The van der Waals surface area contributed by atoms with Gasteiger partial charge in [-0.05, 0) is 24.5 Å². The van der Waals surface area contributed by atoms with Gasteiger partial charge in [0, 0.05) is 12.1 Å². The number of rotatable bonds is 8. The summed E-state index contributed by atoms with van der Waals surface area (Å²) < 4.78 is 5.67. The second-order valence-corrected chi connectivity index (χ2v) is 4.48. The van der Waals surface area contributed by atoms with E-state index < -0.39 is 4.92 Å². The Labute approximate surface area is 108 Å². The van der Waals surface area contributed by atoms with Gasteiger partial charge in [0.15, 0.2) is 0 Å². The summed E-state index contributed by atoms with van der Waals surface area (Å²) in [5.41, 5.74) is 0.0976. The molecule has 1 unspecified atom stereocenters. The number of nitrogens with zero attached hydrogens (tertiary/aromatic N) is 1. The van der Waals surface area contributed by atoms with E-state index in [1.807, 2.05) is 0 Å². The first-order valence-corrected chi connectivity index (χ1v) is 6.54. The molecule has 0 amide bonds. The van der Waals surface area contributed by atoms with Crippen LogP contribution < -0.4 is 4.74 Å². The van der Waals surface area contributed by atoms with Crippen molar-refractivity contribution in [3.05, 3.63) is 34.4 Å². The Balaban J connectivity index is 2.44. The van der Waals surface area contributed by atoms with Crippen LogP contribution in [-0.2, 0) is 0 Å². The van der Waals surface area contributed by atoms with Crippen molar-refractivity contribution in [2.45, 2.75) is 39.5 Å². The Hall–Kier alpha value is -1.58. The molecule has 0 aliphatic heterocycles. The van der Waals surface area contributed by atoms with Gasteiger partial charge in [-0.15, -0.1) is 0 Å². The van der Waals surface area contributed by atoms with Gasteiger partial charge < -0.3 is 4.74 Å². The molecule has 0 radical (unpaired) electrons. The molecule has 0 saturated heterocycles. The van der Waals surface area contributed by atoms with E-state index in [1.54, 1.807) is 12.1 Å². The Morgan fingerprint density at radius 1 is 1.28 bits per heavy atom. The quantitative estimate of drug-likeness (QED) is 0.514. The molecule has 0 spiro atoms. The van der Waals surface area contributed by atoms with Gasteiger partial charge in [0.05, 0.1) is 11.5 Å². The lowest BCUT2D eigenvalue weighted by molar-refractivity contribution is -0.384. The van der Waals surface area contributed by atoms with Crippen LogP contribution in [0.4, 0.5) is 5.69 Å². The minimum absolute atomic E-state index is 0.0976. The molecule has 0 aromatic heterocycles. The lowest BCUT2D eigenvalue weighted by atomic mass is 10.0. The van der Waals surface area contributed by atoms with Crippen molar-refractivity contribution >= 4 is 5.69 Å². The first-order chi connectivity index (χ1) is 8.67. The van der Waals surface area contributed by atoms with Gasteiger partial charge in [0.1, 0.15) is 5.75 Å². The molecule has 0 aliphatic carbocycles. The van der Waals surface area contributed by atoms with Crippen LogP contribution in [0.1, 0.15) is 39.5 Å². The Morgan fingerprint density at radius 3 is 2.44 bits per heavy atom. The molecule has 4 nitrogen and oxygen atoms in total. The maximum Gasteiger partial charge on any atom is 0.269 e. The number of hydrogen-bond donors (Lipinski definition) is 0. The smallest absolute Gasteiger partial charge is 0.269 e. The van der Waals surface area contributed by atoms with Gasteiger partial charge in [-0.2, -0.15) is 0 Å². The molecule has 0 fully saturated rings. The van der Waals surface area contributed by atoms with E-state index in [9.17, 15) is 10.1 Å². The molecule has 0 heterocycles. The summed E-state index contributed by atoms with van der Waals surface area (Å²) in [4.78, 5) is 10.1. The number of ether oxygens (including phenoxy) is 1. The van der Waals surface area contributed by atoms with Crippen LogP contribution in [0.2, 0.25) is 0 Å². The predicted molar refractivity (Wildman–Crippen MR) is 71.9 cm³/mol. The van der Waals surface area contributed by atoms with Crippen molar-refractivity contribution in [2.75, 3.05) is 6.61 Å². The summed E-state index contributed by atoms with van der Waals surface area (Å²) >= 11 is 0. The zero-order valence-corrected chi connectivity index (χ0v) is 11.1. The van der Waals surface area contributed by atoms with Crippen LogP contribution in [-0.4, -0.2) is 11.5 Å². The molecule has 4 heteroatoms. The maximum atomic E-state index is 10.5. The normalized spacial score (nSPS) is 12.1. The minimum Gasteiger partial charge on any atom is -0.493 e. The molecular formula is C14H21NO3. The number of hydrogen-bond acceptors (Lipinski definition) is 3. The Kier molecular flexibility index (Phi) is 6.19. The molecular weight excluding hydrogens is 230 g/mol. The molecule has 18 heavy (non-hydrogen) atoms. The van der Waals surface area contributed by atoms with E-state index in [-0.39, 0.29) is 5.69 Å². The third-order valence-corrected chi connectivity index (χ3v) is 3.08. The number of nitro groups is 1. The summed E-state index contributed by atoms with van der Waals surface area (Å²) in [7, 11) is 0. The van der Waals surface area contributed by atoms with Crippen molar-refractivity contribution in [3.8, 4) is 5.75 Å². The van der Waals surface area contributed by atoms with Crippen molar-refractivity contribution in [2.24, 2.45) is 5.92 Å². The highest BCUT2D eigenvalue weighted by molar-refractivity contribution is 5.35. The molecule has 1 aromatic rings. The SMILES string of the molecule is CCCCC(CC)COc1ccc([N+](=O)[O-])cc1. The largest absolute Gasteiger partial charge is 0.493 e. The van der Waals surface area contributed by atoms with E-state index in [4.69, 9.17) is 4.74 Å². The third kappa shape index (κ3) is 4.73. The Bertz CT molecular complexity index is 362. The predicted octanol–water partition coefficient (Wildman–Crippen LogP) is 4.19. The molecule has 1 atom stereocenters. The first kappa shape index (κ1) is 14.5. The van der Waals surface area contributed by atoms with Crippen LogP contribution in [0.25, 0.3) is 0 Å². The van der Waals surface area contributed by atoms with Gasteiger partial charge in [0.25, 0.3) is 5.69 Å². The fourth-order valence-electron chi connectivity index (χ4n) is 1.78. The van der Waals surface area contributed by atoms with Gasteiger partial charge in [0.2, 0.25) is 0 Å². The average Bonchev–Trinajstić information content (AvgIpc) is 2.39. The third-order valence-electron chi connectivity index (χ3n) is 3.08. The number of non-ortho nitro benzene ring substituents is 1.